The van der Waals surface area contributed by atoms with Gasteiger partial charge >= 0.3 is 5.97 Å². The van der Waals surface area contributed by atoms with E-state index in [1.54, 1.807) is 48.6 Å². The summed E-state index contributed by atoms with van der Waals surface area (Å²) in [5.41, 5.74) is 7.72. The molecular formula is C62H72N6O16S3. The number of ether oxygens (including phenoxy) is 7. The van der Waals surface area contributed by atoms with Gasteiger partial charge in [-0.25, -0.2) is 4.79 Å². The maximum atomic E-state index is 14.3. The molecule has 1 unspecified atom stereocenters. The molecule has 2 N–H and O–H groups in total. The van der Waals surface area contributed by atoms with Crippen LogP contribution in [0.5, 0.6) is 23.0 Å². The van der Waals surface area contributed by atoms with Crippen LogP contribution in [0.15, 0.2) is 108 Å². The monoisotopic (exact) mass is 1250 g/mol. The molecule has 25 heteroatoms. The molecule has 87 heavy (non-hydrogen) atoms. The lowest BCUT2D eigenvalue weighted by molar-refractivity contribution is -0.197. The van der Waals surface area contributed by atoms with Crippen LogP contribution in [0.1, 0.15) is 83.9 Å². The Kier molecular flexibility index (Phi) is 21.1. The molecule has 4 aromatic carbocycles. The number of rotatable bonds is 30. The molecule has 9 rings (SSSR count). The summed E-state index contributed by atoms with van der Waals surface area (Å²) in [5, 5.41) is 1.70. The highest BCUT2D eigenvalue weighted by molar-refractivity contribution is 8.77. The van der Waals surface area contributed by atoms with E-state index in [0.717, 1.165) is 45.8 Å². The standard InChI is InChI=1S/C62H72N6O16S3/c1-8-12-41-28-44-34-63-48-32-54(52(78-6)30-46(48)59(71)66(44)50(41)9-2)82-36-39-25-40(37-83-55-33-49-47(31-53(55)79-7)60(72)67-45(35-64-49)29-42-13-10-11-14-51(42)67)27-43(26-39)65(18-19-80-22-23-81-21-20-77-5)38-62(3,4)86-85-24-17-56(87(74,75)76)61(73)84-68-57(69)15-16-58(68)70/h8-14,25-27,30-34,44-45,56,64H,2,15-24,28-29,35-38H2,1,3-7H3,(H,74,75,76)/b12-8-/t44-,45-,56?/m0/s1. The first-order valence-corrected chi connectivity index (χ1v) is 32.2. The van der Waals surface area contributed by atoms with Gasteiger partial charge in [-0.1, -0.05) is 58.5 Å². The molecule has 1 saturated heterocycles. The van der Waals surface area contributed by atoms with Crippen LogP contribution in [0.4, 0.5) is 22.7 Å². The van der Waals surface area contributed by atoms with Crippen molar-refractivity contribution in [2.75, 3.05) is 94.9 Å². The molecule has 4 aromatic rings. The van der Waals surface area contributed by atoms with E-state index in [4.69, 9.17) is 43.0 Å². The Morgan fingerprint density at radius 2 is 1.51 bits per heavy atom. The number of para-hydroxylation sites is 1. The number of carbonyl (C=O) groups is 5. The van der Waals surface area contributed by atoms with Crippen LogP contribution in [-0.4, -0.2) is 161 Å². The number of fused-ring (bicyclic) bond motifs is 6. The molecule has 464 valence electrons. The number of nitrogens with zero attached hydrogens (tertiary/aromatic N) is 5. The number of imide groups is 1. The Bertz CT molecular complexity index is 3470. The summed E-state index contributed by atoms with van der Waals surface area (Å²) >= 11 is 0. The molecule has 5 aliphatic rings. The summed E-state index contributed by atoms with van der Waals surface area (Å²) in [6.07, 6.45) is 7.90. The van der Waals surface area contributed by atoms with Gasteiger partial charge in [0.25, 0.3) is 33.7 Å². The van der Waals surface area contributed by atoms with Crippen molar-refractivity contribution in [3.63, 3.8) is 0 Å². The van der Waals surface area contributed by atoms with E-state index in [1.165, 1.54) is 35.8 Å². The van der Waals surface area contributed by atoms with Crippen LogP contribution in [0.2, 0.25) is 0 Å². The zero-order valence-electron chi connectivity index (χ0n) is 49.4. The molecular weight excluding hydrogens is 1180 g/mol. The zero-order chi connectivity index (χ0) is 62.0. The number of carbonyl (C=O) groups excluding carboxylic acids is 5. The largest absolute Gasteiger partial charge is 0.493 e. The van der Waals surface area contributed by atoms with Gasteiger partial charge < -0.3 is 53.1 Å². The summed E-state index contributed by atoms with van der Waals surface area (Å²) in [4.78, 5) is 81.3. The van der Waals surface area contributed by atoms with Crippen LogP contribution in [0.3, 0.4) is 0 Å². The van der Waals surface area contributed by atoms with Gasteiger partial charge in [0.1, 0.15) is 13.2 Å². The zero-order valence-corrected chi connectivity index (χ0v) is 51.9. The van der Waals surface area contributed by atoms with E-state index < -0.39 is 37.9 Å². The second-order valence-corrected chi connectivity index (χ2v) is 26.3. The lowest BCUT2D eigenvalue weighted by atomic mass is 10.1. The fourth-order valence-corrected chi connectivity index (χ4v) is 14.4. The highest BCUT2D eigenvalue weighted by Crippen LogP contribution is 2.44. The van der Waals surface area contributed by atoms with Crippen molar-refractivity contribution in [2.24, 2.45) is 4.99 Å². The minimum atomic E-state index is -5.00. The third-order valence-electron chi connectivity index (χ3n) is 15.0. The number of nitrogens with one attached hydrogen (secondary N) is 1. The Labute approximate surface area is 514 Å². The molecule has 22 nitrogen and oxygen atoms in total. The second-order valence-electron chi connectivity index (χ2n) is 21.6. The van der Waals surface area contributed by atoms with Crippen LogP contribution < -0.4 is 34.1 Å². The van der Waals surface area contributed by atoms with Gasteiger partial charge in [0, 0.05) is 91.9 Å². The first kappa shape index (κ1) is 64.1. The number of hydrogen-bond donors (Lipinski definition) is 2. The van der Waals surface area contributed by atoms with E-state index in [1.807, 2.05) is 80.3 Å². The lowest BCUT2D eigenvalue weighted by Gasteiger charge is -2.34. The van der Waals surface area contributed by atoms with Gasteiger partial charge in [-0.05, 0) is 98.4 Å². The average molecular weight is 1250 g/mol. The Hall–Kier alpha value is -7.39. The van der Waals surface area contributed by atoms with Crippen LogP contribution in [0, 0.1) is 0 Å². The summed E-state index contributed by atoms with van der Waals surface area (Å²) in [7, 11) is 2.32. The average Bonchev–Trinajstić information content (AvgIpc) is 1.79. The predicted octanol–water partition coefficient (Wildman–Crippen LogP) is 8.71. The number of anilines is 3. The van der Waals surface area contributed by atoms with E-state index >= 15 is 0 Å². The van der Waals surface area contributed by atoms with E-state index in [0.29, 0.717) is 98.0 Å². The van der Waals surface area contributed by atoms with Gasteiger partial charge in [-0.2, -0.15) is 8.42 Å². The smallest absolute Gasteiger partial charge is 0.353 e. The fourth-order valence-electron chi connectivity index (χ4n) is 10.9. The van der Waals surface area contributed by atoms with E-state index in [-0.39, 0.29) is 73.8 Å². The highest BCUT2D eigenvalue weighted by atomic mass is 33.1. The molecule has 5 aliphatic heterocycles. The van der Waals surface area contributed by atoms with E-state index in [2.05, 4.69) is 16.8 Å². The first-order valence-electron chi connectivity index (χ1n) is 28.4. The maximum Gasteiger partial charge on any atom is 0.353 e. The van der Waals surface area contributed by atoms with Crippen LogP contribution in [-0.2, 0) is 63.2 Å². The topological polar surface area (TPSA) is 251 Å². The van der Waals surface area contributed by atoms with Crippen molar-refractivity contribution >= 4 is 90.3 Å². The van der Waals surface area contributed by atoms with Gasteiger partial charge in [0.2, 0.25) is 0 Å². The maximum absolute atomic E-state index is 14.3. The molecule has 0 bridgehead atoms. The van der Waals surface area contributed by atoms with Crippen molar-refractivity contribution in [1.82, 2.24) is 9.96 Å². The van der Waals surface area contributed by atoms with Crippen LogP contribution >= 0.6 is 21.6 Å². The first-order chi connectivity index (χ1) is 41.8. The summed E-state index contributed by atoms with van der Waals surface area (Å²) in [6, 6.07) is 20.3. The lowest BCUT2D eigenvalue weighted by Crippen LogP contribution is -2.40. The molecule has 3 atom stereocenters. The minimum Gasteiger partial charge on any atom is -0.493 e. The Balaban J connectivity index is 0.998. The Morgan fingerprint density at radius 3 is 2.17 bits per heavy atom. The fraction of sp³-hybridized carbons (Fsp3) is 0.419. The number of aliphatic imine (C=N–C) groups is 1. The highest BCUT2D eigenvalue weighted by Gasteiger charge is 2.41. The number of allylic oxidation sites excluding steroid dienone is 3. The predicted molar refractivity (Wildman–Crippen MR) is 332 cm³/mol. The van der Waals surface area contributed by atoms with Gasteiger partial charge in [-0.15, -0.1) is 5.06 Å². The molecule has 4 amide bonds. The second kappa shape index (κ2) is 28.6. The molecule has 0 aliphatic carbocycles. The number of methoxy groups -OCH3 is 3. The summed E-state index contributed by atoms with van der Waals surface area (Å²) < 4.78 is 76.3. The number of amides is 4. The van der Waals surface area contributed by atoms with E-state index in [9.17, 15) is 36.9 Å². The van der Waals surface area contributed by atoms with Crippen molar-refractivity contribution in [1.29, 1.82) is 0 Å². The number of hydroxylamine groups is 2. The van der Waals surface area contributed by atoms with Crippen molar-refractivity contribution in [3.05, 3.63) is 131 Å². The summed E-state index contributed by atoms with van der Waals surface area (Å²) in [5.74, 6) is -1.93. The minimum absolute atomic E-state index is 0.0159. The quantitative estimate of drug-likeness (QED) is 0.0214. The molecule has 0 radical (unpaired) electrons. The van der Waals surface area contributed by atoms with Crippen LogP contribution in [0.25, 0.3) is 0 Å². The third-order valence-corrected chi connectivity index (χ3v) is 19.5. The number of benzene rings is 4. The third kappa shape index (κ3) is 15.1. The molecule has 5 heterocycles. The summed E-state index contributed by atoms with van der Waals surface area (Å²) in [6.45, 7) is 13.0. The Morgan fingerprint density at radius 1 is 0.851 bits per heavy atom. The molecule has 1 fully saturated rings. The van der Waals surface area contributed by atoms with Gasteiger partial charge in [-0.3, -0.25) is 33.6 Å². The SMILES string of the molecule is C=CC1=C(/C=C\C)C[C@H]2C=Nc3cc(OCc4cc(COc5cc6c(cc5OC)C(=O)N5c7ccccc7C[C@H]5CN6)cc(N(CCOCCOCCOC)CC(C)(C)SSCCC(C(=O)ON5C(=O)CCC5=O)S(=O)(=O)O)c4)c(OC)cc3C(=O)N12. The molecule has 0 spiro atoms. The van der Waals surface area contributed by atoms with Gasteiger partial charge in [0.05, 0.1) is 81.8 Å². The van der Waals surface area contributed by atoms with Crippen molar-refractivity contribution in [3.8, 4) is 23.0 Å². The van der Waals surface area contributed by atoms with Gasteiger partial charge in [0.15, 0.2) is 28.2 Å². The molecule has 0 aromatic heterocycles. The van der Waals surface area contributed by atoms with Crippen molar-refractivity contribution < 1.29 is 74.9 Å². The number of hydrogen-bond acceptors (Lipinski definition) is 20. The molecule has 0 saturated carbocycles. The normalized spacial score (nSPS) is 17.5. The van der Waals surface area contributed by atoms with Crippen molar-refractivity contribution in [2.45, 2.75) is 88.2 Å².